The maximum Gasteiger partial charge on any atom is 0.0934 e. The molecule has 1 heterocycles. The van der Waals surface area contributed by atoms with Crippen molar-refractivity contribution in [2.75, 3.05) is 0 Å². The van der Waals surface area contributed by atoms with Gasteiger partial charge in [-0.3, -0.25) is 0 Å². The van der Waals surface area contributed by atoms with E-state index in [9.17, 15) is 0 Å². The third-order valence-corrected chi connectivity index (χ3v) is 4.86. The van der Waals surface area contributed by atoms with E-state index in [0.29, 0.717) is 12.1 Å². The maximum absolute atomic E-state index is 6.06. The van der Waals surface area contributed by atoms with Crippen LogP contribution in [0.25, 0.3) is 0 Å². The van der Waals surface area contributed by atoms with Crippen LogP contribution in [-0.2, 0) is 6.42 Å². The first kappa shape index (κ1) is 10.8. The van der Waals surface area contributed by atoms with E-state index >= 15 is 0 Å². The zero-order valence-electron chi connectivity index (χ0n) is 9.21. The summed E-state index contributed by atoms with van der Waals surface area (Å²) in [7, 11) is 0. The first-order chi connectivity index (χ1) is 7.83. The predicted octanol–water partition coefficient (Wildman–Crippen LogP) is 4.09. The first-order valence-electron chi connectivity index (χ1n) is 6.04. The van der Waals surface area contributed by atoms with Gasteiger partial charge in [-0.2, -0.15) is 0 Å². The molecule has 0 fully saturated rings. The van der Waals surface area contributed by atoms with Crippen LogP contribution in [0.1, 0.15) is 42.2 Å². The third-order valence-electron chi connectivity index (χ3n) is 3.52. The summed E-state index contributed by atoms with van der Waals surface area (Å²) < 4.78 is 0.940. The van der Waals surface area contributed by atoms with Crippen molar-refractivity contribution in [2.24, 2.45) is 0 Å². The Labute approximate surface area is 106 Å². The fourth-order valence-electron chi connectivity index (χ4n) is 2.71. The molecule has 0 spiro atoms. The second-order valence-corrected chi connectivity index (χ2v) is 6.42. The molecule has 1 N–H and O–H groups in total. The van der Waals surface area contributed by atoms with Gasteiger partial charge < -0.3 is 5.32 Å². The first-order valence-corrected chi connectivity index (χ1v) is 7.23. The molecule has 0 saturated carbocycles. The molecule has 0 saturated heterocycles. The quantitative estimate of drug-likeness (QED) is 0.783. The standard InChI is InChI=1S/C13H16ClNS/c14-13-8-10-11(6-7-12(10)16-13)15-9-4-2-1-3-5-9/h2,4,8-9,11,15H,1,3,5-7H2. The summed E-state index contributed by atoms with van der Waals surface area (Å²) in [6, 6.07) is 3.26. The average Bonchev–Trinajstić information content (AvgIpc) is 2.81. The fraction of sp³-hybridized carbons (Fsp3) is 0.538. The van der Waals surface area contributed by atoms with E-state index in [4.69, 9.17) is 11.6 Å². The van der Waals surface area contributed by atoms with Gasteiger partial charge in [-0.25, -0.2) is 0 Å². The molecule has 3 heteroatoms. The molecule has 1 aromatic rings. The lowest BCUT2D eigenvalue weighted by Crippen LogP contribution is -2.31. The number of nitrogens with one attached hydrogen (secondary N) is 1. The third kappa shape index (κ3) is 2.06. The summed E-state index contributed by atoms with van der Waals surface area (Å²) in [5, 5.41) is 3.75. The van der Waals surface area contributed by atoms with Crippen molar-refractivity contribution in [1.29, 1.82) is 0 Å². The molecule has 2 atom stereocenters. The topological polar surface area (TPSA) is 12.0 Å². The second-order valence-electron chi connectivity index (χ2n) is 4.65. The lowest BCUT2D eigenvalue weighted by atomic mass is 10.0. The molecular formula is C13H16ClNS. The van der Waals surface area contributed by atoms with E-state index in [2.05, 4.69) is 23.5 Å². The van der Waals surface area contributed by atoms with Gasteiger partial charge in [-0.1, -0.05) is 23.8 Å². The zero-order chi connectivity index (χ0) is 11.0. The molecule has 16 heavy (non-hydrogen) atoms. The average molecular weight is 254 g/mol. The summed E-state index contributed by atoms with van der Waals surface area (Å²) >= 11 is 7.81. The normalized spacial score (nSPS) is 28.3. The number of halogens is 1. The van der Waals surface area contributed by atoms with Gasteiger partial charge in [0, 0.05) is 17.0 Å². The molecule has 0 radical (unpaired) electrons. The molecular weight excluding hydrogens is 238 g/mol. The Morgan fingerprint density at radius 1 is 1.38 bits per heavy atom. The van der Waals surface area contributed by atoms with Crippen LogP contribution in [0.15, 0.2) is 18.2 Å². The van der Waals surface area contributed by atoms with Crippen LogP contribution in [0.3, 0.4) is 0 Å². The smallest absolute Gasteiger partial charge is 0.0934 e. The summed E-state index contributed by atoms with van der Waals surface area (Å²) in [6.07, 6.45) is 10.9. The molecule has 1 aromatic heterocycles. The highest BCUT2D eigenvalue weighted by atomic mass is 35.5. The van der Waals surface area contributed by atoms with Crippen molar-refractivity contribution < 1.29 is 0 Å². The van der Waals surface area contributed by atoms with E-state index in [1.807, 2.05) is 0 Å². The SMILES string of the molecule is Clc1cc2c(s1)CCC2NC1C=CCCC1. The molecule has 0 bridgehead atoms. The Kier molecular flexibility index (Phi) is 3.05. The Morgan fingerprint density at radius 2 is 2.31 bits per heavy atom. The van der Waals surface area contributed by atoms with Crippen LogP contribution in [0.2, 0.25) is 4.34 Å². The van der Waals surface area contributed by atoms with Crippen molar-refractivity contribution in [1.82, 2.24) is 5.32 Å². The van der Waals surface area contributed by atoms with Crippen molar-refractivity contribution in [3.8, 4) is 0 Å². The van der Waals surface area contributed by atoms with Crippen LogP contribution in [0, 0.1) is 0 Å². The highest BCUT2D eigenvalue weighted by molar-refractivity contribution is 7.16. The molecule has 2 aliphatic carbocycles. The van der Waals surface area contributed by atoms with E-state index in [1.165, 1.54) is 42.5 Å². The van der Waals surface area contributed by atoms with Crippen LogP contribution in [0.4, 0.5) is 0 Å². The number of rotatable bonds is 2. The van der Waals surface area contributed by atoms with Crippen LogP contribution < -0.4 is 5.32 Å². The Balaban J connectivity index is 1.72. The monoisotopic (exact) mass is 253 g/mol. The number of aryl methyl sites for hydroxylation is 1. The second kappa shape index (κ2) is 4.52. The van der Waals surface area contributed by atoms with Crippen molar-refractivity contribution >= 4 is 22.9 Å². The van der Waals surface area contributed by atoms with Gasteiger partial charge in [0.2, 0.25) is 0 Å². The van der Waals surface area contributed by atoms with Gasteiger partial charge >= 0.3 is 0 Å². The van der Waals surface area contributed by atoms with Crippen LogP contribution in [0.5, 0.6) is 0 Å². The number of thiophene rings is 1. The largest absolute Gasteiger partial charge is 0.304 e. The highest BCUT2D eigenvalue weighted by Crippen LogP contribution is 2.39. The Morgan fingerprint density at radius 3 is 3.12 bits per heavy atom. The summed E-state index contributed by atoms with van der Waals surface area (Å²) in [4.78, 5) is 1.49. The summed E-state index contributed by atoms with van der Waals surface area (Å²) in [5.74, 6) is 0. The minimum Gasteiger partial charge on any atom is -0.304 e. The van der Waals surface area contributed by atoms with Gasteiger partial charge in [0.1, 0.15) is 0 Å². The van der Waals surface area contributed by atoms with E-state index < -0.39 is 0 Å². The lowest BCUT2D eigenvalue weighted by molar-refractivity contribution is 0.445. The van der Waals surface area contributed by atoms with Gasteiger partial charge in [0.15, 0.2) is 0 Å². The Hall–Kier alpha value is -0.310. The maximum atomic E-state index is 6.06. The zero-order valence-corrected chi connectivity index (χ0v) is 10.8. The van der Waals surface area contributed by atoms with E-state index in [-0.39, 0.29) is 0 Å². The van der Waals surface area contributed by atoms with Gasteiger partial charge in [0.05, 0.1) is 4.34 Å². The molecule has 86 valence electrons. The minimum atomic E-state index is 0.534. The molecule has 3 rings (SSSR count). The number of allylic oxidation sites excluding steroid dienone is 1. The van der Waals surface area contributed by atoms with E-state index in [1.54, 1.807) is 11.3 Å². The van der Waals surface area contributed by atoms with Gasteiger partial charge in [-0.05, 0) is 43.7 Å². The van der Waals surface area contributed by atoms with Gasteiger partial charge in [-0.15, -0.1) is 11.3 Å². The molecule has 2 unspecified atom stereocenters. The minimum absolute atomic E-state index is 0.534. The van der Waals surface area contributed by atoms with Crippen LogP contribution >= 0.6 is 22.9 Å². The molecule has 0 aromatic carbocycles. The fourth-order valence-corrected chi connectivity index (χ4v) is 4.07. The van der Waals surface area contributed by atoms with Crippen molar-refractivity contribution in [3.63, 3.8) is 0 Å². The Bertz CT molecular complexity index is 410. The number of fused-ring (bicyclic) bond motifs is 1. The van der Waals surface area contributed by atoms with Gasteiger partial charge in [0.25, 0.3) is 0 Å². The molecule has 0 aliphatic heterocycles. The molecule has 1 nitrogen and oxygen atoms in total. The molecule has 2 aliphatic rings. The number of hydrogen-bond acceptors (Lipinski definition) is 2. The number of hydrogen-bond donors (Lipinski definition) is 1. The highest BCUT2D eigenvalue weighted by Gasteiger charge is 2.26. The van der Waals surface area contributed by atoms with Crippen molar-refractivity contribution in [2.45, 2.75) is 44.2 Å². The summed E-state index contributed by atoms with van der Waals surface area (Å²) in [5.41, 5.74) is 1.45. The van der Waals surface area contributed by atoms with Crippen molar-refractivity contribution in [3.05, 3.63) is 33.0 Å². The summed E-state index contributed by atoms with van der Waals surface area (Å²) in [6.45, 7) is 0. The van der Waals surface area contributed by atoms with E-state index in [0.717, 1.165) is 4.34 Å². The predicted molar refractivity (Wildman–Crippen MR) is 70.3 cm³/mol. The molecule has 0 amide bonds. The van der Waals surface area contributed by atoms with Crippen LogP contribution in [-0.4, -0.2) is 6.04 Å². The lowest BCUT2D eigenvalue weighted by Gasteiger charge is -2.22.